The third-order valence-corrected chi connectivity index (χ3v) is 7.91. The summed E-state index contributed by atoms with van der Waals surface area (Å²) in [4.78, 5) is 42.5. The summed E-state index contributed by atoms with van der Waals surface area (Å²) >= 11 is 0. The van der Waals surface area contributed by atoms with Gasteiger partial charge in [-0.2, -0.15) is 0 Å². The molecule has 1 spiro atoms. The number of amides is 3. The maximum Gasteiger partial charge on any atom is 0.291 e. The molecule has 3 fully saturated rings. The molecule has 0 bridgehead atoms. The third kappa shape index (κ3) is 2.54. The topological polar surface area (TPSA) is 103 Å². The Morgan fingerprint density at radius 2 is 1.72 bits per heavy atom. The molecule has 4 aliphatic rings. The molecule has 7 heteroatoms. The molecule has 0 unspecified atom stereocenters. The monoisotopic (exact) mass is 432 g/mol. The number of nitrogens with one attached hydrogen (secondary N) is 1. The molecule has 3 heterocycles. The van der Waals surface area contributed by atoms with E-state index in [1.54, 1.807) is 12.1 Å². The number of fused-ring (bicyclic) bond motifs is 4. The predicted molar refractivity (Wildman–Crippen MR) is 115 cm³/mol. The fraction of sp³-hybridized carbons (Fsp3) is 0.400. The first-order valence-corrected chi connectivity index (χ1v) is 11.4. The third-order valence-electron chi connectivity index (χ3n) is 7.91. The van der Waals surface area contributed by atoms with Gasteiger partial charge in [0, 0.05) is 18.0 Å². The van der Waals surface area contributed by atoms with Crippen LogP contribution in [0.1, 0.15) is 36.8 Å². The number of rotatable bonds is 3. The van der Waals surface area contributed by atoms with E-state index in [1.165, 1.54) is 4.90 Å². The van der Waals surface area contributed by atoms with E-state index in [0.717, 1.165) is 42.5 Å². The molecule has 7 nitrogen and oxygen atoms in total. The van der Waals surface area contributed by atoms with E-state index >= 15 is 0 Å². The number of para-hydroxylation sites is 1. The zero-order valence-corrected chi connectivity index (χ0v) is 17.7. The summed E-state index contributed by atoms with van der Waals surface area (Å²) in [5, 5.41) is 14.6. The van der Waals surface area contributed by atoms with Gasteiger partial charge in [-0.05, 0) is 36.6 Å². The van der Waals surface area contributed by atoms with Crippen LogP contribution in [0.25, 0.3) is 0 Å². The minimum absolute atomic E-state index is 0.0494. The van der Waals surface area contributed by atoms with Crippen LogP contribution in [-0.2, 0) is 26.3 Å². The Morgan fingerprint density at radius 3 is 2.47 bits per heavy atom. The van der Waals surface area contributed by atoms with Crippen molar-refractivity contribution in [1.82, 2.24) is 4.90 Å². The van der Waals surface area contributed by atoms with Crippen LogP contribution in [0.4, 0.5) is 5.69 Å². The average molecular weight is 433 g/mol. The Balaban J connectivity index is 1.46. The SMILES string of the molecule is O=C1[C@@H]2[C@H](Cc3ccc(O)cc3)[NH2+][C@]3(C(=O)Nc4ccccc43)[C@@H]2C(=O)N1C1CCCC1. The van der Waals surface area contributed by atoms with Gasteiger partial charge in [-0.25, -0.2) is 0 Å². The number of phenolic OH excluding ortho intramolecular Hbond substituents is 1. The summed E-state index contributed by atoms with van der Waals surface area (Å²) in [6, 6.07) is 14.1. The fourth-order valence-electron chi connectivity index (χ4n) is 6.56. The van der Waals surface area contributed by atoms with Crippen molar-refractivity contribution in [2.45, 2.75) is 49.7 Å². The van der Waals surface area contributed by atoms with Crippen molar-refractivity contribution < 1.29 is 24.8 Å². The van der Waals surface area contributed by atoms with Crippen molar-refractivity contribution in [2.24, 2.45) is 11.8 Å². The largest absolute Gasteiger partial charge is 0.508 e. The van der Waals surface area contributed by atoms with E-state index < -0.39 is 17.4 Å². The number of anilines is 1. The molecular formula is C25H26N3O4+. The number of likely N-dealkylation sites (tertiary alicyclic amines) is 1. The average Bonchev–Trinajstić information content (AvgIpc) is 3.52. The van der Waals surface area contributed by atoms with Gasteiger partial charge in [0.1, 0.15) is 23.6 Å². The van der Waals surface area contributed by atoms with Gasteiger partial charge in [0.25, 0.3) is 5.91 Å². The molecule has 1 aliphatic carbocycles. The van der Waals surface area contributed by atoms with Crippen LogP contribution in [0, 0.1) is 11.8 Å². The number of carbonyl (C=O) groups is 3. The van der Waals surface area contributed by atoms with E-state index in [4.69, 9.17) is 0 Å². The van der Waals surface area contributed by atoms with Crippen molar-refractivity contribution in [3.63, 3.8) is 0 Å². The Kier molecular flexibility index (Phi) is 4.21. The van der Waals surface area contributed by atoms with Gasteiger partial charge < -0.3 is 15.7 Å². The van der Waals surface area contributed by atoms with Crippen molar-refractivity contribution >= 4 is 23.4 Å². The van der Waals surface area contributed by atoms with Gasteiger partial charge in [-0.3, -0.25) is 19.3 Å². The number of nitrogens with two attached hydrogens (primary N) is 1. The van der Waals surface area contributed by atoms with Gasteiger partial charge in [0.2, 0.25) is 17.4 Å². The highest BCUT2D eigenvalue weighted by molar-refractivity contribution is 6.14. The van der Waals surface area contributed by atoms with E-state index in [2.05, 4.69) is 5.32 Å². The van der Waals surface area contributed by atoms with Crippen LogP contribution < -0.4 is 10.6 Å². The van der Waals surface area contributed by atoms with Crippen LogP contribution in [-0.4, -0.2) is 39.8 Å². The Labute approximate surface area is 185 Å². The summed E-state index contributed by atoms with van der Waals surface area (Å²) in [7, 11) is 0. The molecule has 2 saturated heterocycles. The number of imide groups is 1. The molecular weight excluding hydrogens is 406 g/mol. The van der Waals surface area contributed by atoms with Gasteiger partial charge in [0.05, 0.1) is 5.69 Å². The second kappa shape index (κ2) is 6.90. The summed E-state index contributed by atoms with van der Waals surface area (Å²) in [6.07, 6.45) is 4.28. The van der Waals surface area contributed by atoms with Crippen LogP contribution in [0.3, 0.4) is 0 Å². The second-order valence-corrected chi connectivity index (χ2v) is 9.56. The lowest BCUT2D eigenvalue weighted by atomic mass is 9.76. The number of quaternary nitrogens is 1. The lowest BCUT2D eigenvalue weighted by Gasteiger charge is -2.28. The minimum atomic E-state index is -1.12. The van der Waals surface area contributed by atoms with Crippen LogP contribution in [0.15, 0.2) is 48.5 Å². The number of benzene rings is 2. The number of phenols is 1. The van der Waals surface area contributed by atoms with Crippen molar-refractivity contribution in [3.05, 3.63) is 59.7 Å². The lowest BCUT2D eigenvalue weighted by molar-refractivity contribution is -0.733. The number of carbonyl (C=O) groups excluding carboxylic acids is 3. The maximum absolute atomic E-state index is 13.8. The van der Waals surface area contributed by atoms with Crippen molar-refractivity contribution in [1.29, 1.82) is 0 Å². The number of aromatic hydroxyl groups is 1. The standard InChI is InChI=1S/C25H25N3O4/c29-16-11-9-14(10-12-16)13-19-20-21(23(31)28(22(20)30)15-5-1-2-6-15)25(27-19)17-7-3-4-8-18(17)26-24(25)32/h3-4,7-12,15,19-21,27,29H,1-2,5-6,13H2,(H,26,32)/p+1/t19-,20+,21-,25-/m0/s1. The second-order valence-electron chi connectivity index (χ2n) is 9.56. The van der Waals surface area contributed by atoms with Crippen LogP contribution in [0.5, 0.6) is 5.75 Å². The Hall–Kier alpha value is -3.19. The number of hydrogen-bond acceptors (Lipinski definition) is 4. The predicted octanol–water partition coefficient (Wildman–Crippen LogP) is 1.27. The van der Waals surface area contributed by atoms with E-state index in [1.807, 2.05) is 41.7 Å². The summed E-state index contributed by atoms with van der Waals surface area (Å²) in [6.45, 7) is 0. The first-order chi connectivity index (χ1) is 15.5. The smallest absolute Gasteiger partial charge is 0.291 e. The molecule has 32 heavy (non-hydrogen) atoms. The molecule has 4 N–H and O–H groups in total. The summed E-state index contributed by atoms with van der Waals surface area (Å²) in [5.74, 6) is -1.60. The molecule has 3 amide bonds. The van der Waals surface area contributed by atoms with Gasteiger partial charge >= 0.3 is 0 Å². The number of hydrogen-bond donors (Lipinski definition) is 3. The van der Waals surface area contributed by atoms with Gasteiger partial charge in [-0.1, -0.05) is 43.2 Å². The zero-order valence-electron chi connectivity index (χ0n) is 17.7. The van der Waals surface area contributed by atoms with E-state index in [0.29, 0.717) is 6.42 Å². The van der Waals surface area contributed by atoms with Gasteiger partial charge in [-0.15, -0.1) is 0 Å². The maximum atomic E-state index is 13.8. The van der Waals surface area contributed by atoms with Crippen molar-refractivity contribution in [3.8, 4) is 5.75 Å². The molecule has 2 aromatic rings. The van der Waals surface area contributed by atoms with E-state index in [-0.39, 0.29) is 35.6 Å². The minimum Gasteiger partial charge on any atom is -0.508 e. The molecule has 2 aromatic carbocycles. The summed E-state index contributed by atoms with van der Waals surface area (Å²) in [5.41, 5.74) is 1.36. The quantitative estimate of drug-likeness (QED) is 0.636. The van der Waals surface area contributed by atoms with Crippen molar-refractivity contribution in [2.75, 3.05) is 5.32 Å². The lowest BCUT2D eigenvalue weighted by Crippen LogP contribution is -2.99. The first kappa shape index (κ1) is 19.5. The molecule has 6 rings (SSSR count). The molecule has 4 atom stereocenters. The van der Waals surface area contributed by atoms with Gasteiger partial charge in [0.15, 0.2) is 0 Å². The highest BCUT2D eigenvalue weighted by Crippen LogP contribution is 2.50. The summed E-state index contributed by atoms with van der Waals surface area (Å²) < 4.78 is 0. The molecule has 164 valence electrons. The van der Waals surface area contributed by atoms with Crippen LogP contribution in [0.2, 0.25) is 0 Å². The molecule has 1 saturated carbocycles. The van der Waals surface area contributed by atoms with Crippen LogP contribution >= 0.6 is 0 Å². The Bertz CT molecular complexity index is 1120. The fourth-order valence-corrected chi connectivity index (χ4v) is 6.56. The molecule has 0 radical (unpaired) electrons. The highest BCUT2D eigenvalue weighted by Gasteiger charge is 2.74. The zero-order chi connectivity index (χ0) is 22.0. The number of nitrogens with zero attached hydrogens (tertiary/aromatic N) is 1. The Morgan fingerprint density at radius 1 is 1.00 bits per heavy atom. The first-order valence-electron chi connectivity index (χ1n) is 11.4. The van der Waals surface area contributed by atoms with E-state index in [9.17, 15) is 19.5 Å². The molecule has 0 aromatic heterocycles. The normalized spacial score (nSPS) is 31.4. The molecule has 3 aliphatic heterocycles. The highest BCUT2D eigenvalue weighted by atomic mass is 16.3.